The van der Waals surface area contributed by atoms with E-state index in [9.17, 15) is 8.42 Å². The van der Waals surface area contributed by atoms with E-state index in [-0.39, 0.29) is 10.3 Å². The average Bonchev–Trinajstić information content (AvgIpc) is 2.85. The Morgan fingerprint density at radius 1 is 1.27 bits per heavy atom. The van der Waals surface area contributed by atoms with Crippen molar-refractivity contribution in [3.8, 4) is 5.75 Å². The van der Waals surface area contributed by atoms with Gasteiger partial charge in [-0.25, -0.2) is 17.4 Å². The monoisotopic (exact) mass is 322 g/mol. The number of hydrogen-bond donors (Lipinski definition) is 0. The van der Waals surface area contributed by atoms with Gasteiger partial charge in [-0.3, -0.25) is 0 Å². The van der Waals surface area contributed by atoms with E-state index in [1.165, 1.54) is 16.4 Å². The number of imidazole rings is 1. The lowest BCUT2D eigenvalue weighted by molar-refractivity contribution is 0.329. The smallest absolute Gasteiger partial charge is 0.269 e. The van der Waals surface area contributed by atoms with Crippen LogP contribution in [0.1, 0.15) is 39.1 Å². The second-order valence-electron chi connectivity index (χ2n) is 6.12. The number of rotatable bonds is 4. The highest BCUT2D eigenvalue weighted by atomic mass is 32.2. The summed E-state index contributed by atoms with van der Waals surface area (Å²) in [5.41, 5.74) is 0.646. The Labute approximate surface area is 132 Å². The molecule has 0 atom stereocenters. The van der Waals surface area contributed by atoms with E-state index in [1.807, 2.05) is 27.7 Å². The zero-order valence-corrected chi connectivity index (χ0v) is 14.4. The summed E-state index contributed by atoms with van der Waals surface area (Å²) in [7, 11) is -3.64. The third-order valence-electron chi connectivity index (χ3n) is 3.40. The fourth-order valence-electron chi connectivity index (χ4n) is 2.27. The number of benzene rings is 1. The standard InChI is InChI=1S/C16H22N2O3S/c1-6-21-15-8-7-13(11-14(15)16(3,4)5)22(19,20)18-10-9-17-12(18)2/h7-11H,6H2,1-5H3. The predicted molar refractivity (Wildman–Crippen MR) is 85.9 cm³/mol. The molecule has 0 aliphatic heterocycles. The molecule has 22 heavy (non-hydrogen) atoms. The molecule has 0 unspecified atom stereocenters. The van der Waals surface area contributed by atoms with Gasteiger partial charge < -0.3 is 4.74 Å². The molecule has 0 saturated heterocycles. The second kappa shape index (κ2) is 5.76. The van der Waals surface area contributed by atoms with Gasteiger partial charge in [-0.1, -0.05) is 20.8 Å². The molecular formula is C16H22N2O3S. The fourth-order valence-corrected chi connectivity index (χ4v) is 3.61. The third-order valence-corrected chi connectivity index (χ3v) is 5.15. The first-order valence-electron chi connectivity index (χ1n) is 7.20. The molecule has 6 heteroatoms. The van der Waals surface area contributed by atoms with Gasteiger partial charge in [0.2, 0.25) is 0 Å². The van der Waals surface area contributed by atoms with Crippen molar-refractivity contribution in [2.45, 2.75) is 44.9 Å². The first-order chi connectivity index (χ1) is 10.2. The Hall–Kier alpha value is -1.82. The molecular weight excluding hydrogens is 300 g/mol. The van der Waals surface area contributed by atoms with Gasteiger partial charge in [0.05, 0.1) is 11.5 Å². The summed E-state index contributed by atoms with van der Waals surface area (Å²) in [6, 6.07) is 5.00. The van der Waals surface area contributed by atoms with Crippen LogP contribution in [0.25, 0.3) is 0 Å². The molecule has 0 amide bonds. The van der Waals surface area contributed by atoms with Gasteiger partial charge in [0.25, 0.3) is 10.0 Å². The fraction of sp³-hybridized carbons (Fsp3) is 0.438. The number of nitrogens with zero attached hydrogens (tertiary/aromatic N) is 2. The Kier molecular flexibility index (Phi) is 4.33. The summed E-state index contributed by atoms with van der Waals surface area (Å²) in [5.74, 6) is 1.16. The van der Waals surface area contributed by atoms with Gasteiger partial charge in [-0.15, -0.1) is 0 Å². The van der Waals surface area contributed by atoms with Crippen molar-refractivity contribution < 1.29 is 13.2 Å². The van der Waals surface area contributed by atoms with Gasteiger partial charge in [0, 0.05) is 18.0 Å². The van der Waals surface area contributed by atoms with Gasteiger partial charge in [-0.05, 0) is 37.5 Å². The SMILES string of the molecule is CCOc1ccc(S(=O)(=O)n2ccnc2C)cc1C(C)(C)C. The molecule has 1 heterocycles. The highest BCUT2D eigenvalue weighted by molar-refractivity contribution is 7.90. The maximum Gasteiger partial charge on any atom is 0.269 e. The van der Waals surface area contributed by atoms with Crippen LogP contribution in [0.3, 0.4) is 0 Å². The van der Waals surface area contributed by atoms with Crippen LogP contribution >= 0.6 is 0 Å². The maximum atomic E-state index is 12.7. The van der Waals surface area contributed by atoms with Crippen LogP contribution < -0.4 is 4.74 Å². The van der Waals surface area contributed by atoms with Crippen molar-refractivity contribution in [1.29, 1.82) is 0 Å². The van der Waals surface area contributed by atoms with E-state index >= 15 is 0 Å². The molecule has 0 N–H and O–H groups in total. The van der Waals surface area contributed by atoms with Crippen molar-refractivity contribution >= 4 is 10.0 Å². The highest BCUT2D eigenvalue weighted by Crippen LogP contribution is 2.33. The lowest BCUT2D eigenvalue weighted by Crippen LogP contribution is -2.17. The Morgan fingerprint density at radius 3 is 2.45 bits per heavy atom. The first kappa shape index (κ1) is 16.5. The second-order valence-corrected chi connectivity index (χ2v) is 7.93. The molecule has 120 valence electrons. The van der Waals surface area contributed by atoms with Crippen LogP contribution in [0.4, 0.5) is 0 Å². The molecule has 0 saturated carbocycles. The van der Waals surface area contributed by atoms with Gasteiger partial charge >= 0.3 is 0 Å². The summed E-state index contributed by atoms with van der Waals surface area (Å²) in [6.07, 6.45) is 2.93. The van der Waals surface area contributed by atoms with Gasteiger partial charge in [0.15, 0.2) is 0 Å². The van der Waals surface area contributed by atoms with Crippen LogP contribution in [0.2, 0.25) is 0 Å². The van der Waals surface area contributed by atoms with E-state index in [0.29, 0.717) is 12.4 Å². The third kappa shape index (κ3) is 3.02. The maximum absolute atomic E-state index is 12.7. The van der Waals surface area contributed by atoms with E-state index in [4.69, 9.17) is 4.74 Å². The zero-order valence-electron chi connectivity index (χ0n) is 13.6. The van der Waals surface area contributed by atoms with Crippen LogP contribution in [-0.4, -0.2) is 24.0 Å². The van der Waals surface area contributed by atoms with E-state index in [2.05, 4.69) is 4.98 Å². The Bertz CT molecular complexity index is 771. The molecule has 0 radical (unpaired) electrons. The molecule has 5 nitrogen and oxygen atoms in total. The number of ether oxygens (including phenoxy) is 1. The minimum Gasteiger partial charge on any atom is -0.494 e. The largest absolute Gasteiger partial charge is 0.494 e. The van der Waals surface area contributed by atoms with Crippen molar-refractivity contribution in [2.75, 3.05) is 6.61 Å². The molecule has 0 spiro atoms. The van der Waals surface area contributed by atoms with Crippen molar-refractivity contribution in [3.05, 3.63) is 42.0 Å². The molecule has 0 aliphatic carbocycles. The van der Waals surface area contributed by atoms with Crippen molar-refractivity contribution in [1.82, 2.24) is 8.96 Å². The van der Waals surface area contributed by atoms with Crippen LogP contribution in [-0.2, 0) is 15.4 Å². The Balaban J connectivity index is 2.61. The lowest BCUT2D eigenvalue weighted by Gasteiger charge is -2.23. The zero-order chi connectivity index (χ0) is 16.5. The summed E-state index contributed by atoms with van der Waals surface area (Å²) in [6.45, 7) is 10.2. The molecule has 2 aromatic rings. The van der Waals surface area contributed by atoms with Crippen LogP contribution in [0, 0.1) is 6.92 Å². The highest BCUT2D eigenvalue weighted by Gasteiger charge is 2.25. The van der Waals surface area contributed by atoms with E-state index in [0.717, 1.165) is 11.3 Å². The molecule has 0 fully saturated rings. The van der Waals surface area contributed by atoms with Crippen molar-refractivity contribution in [2.24, 2.45) is 0 Å². The Morgan fingerprint density at radius 2 is 1.95 bits per heavy atom. The number of aryl methyl sites for hydroxylation is 1. The first-order valence-corrected chi connectivity index (χ1v) is 8.64. The minimum atomic E-state index is -3.64. The quantitative estimate of drug-likeness (QED) is 0.867. The lowest BCUT2D eigenvalue weighted by atomic mass is 9.86. The molecule has 2 rings (SSSR count). The van der Waals surface area contributed by atoms with E-state index < -0.39 is 10.0 Å². The predicted octanol–water partition coefficient (Wildman–Crippen LogP) is 3.12. The summed E-state index contributed by atoms with van der Waals surface area (Å²) >= 11 is 0. The van der Waals surface area contributed by atoms with Crippen LogP contribution in [0.15, 0.2) is 35.5 Å². The summed E-state index contributed by atoms with van der Waals surface area (Å²) < 4.78 is 32.3. The van der Waals surface area contributed by atoms with E-state index in [1.54, 1.807) is 25.1 Å². The molecule has 1 aromatic heterocycles. The molecule has 0 bridgehead atoms. The minimum absolute atomic E-state index is 0.222. The number of aromatic nitrogens is 2. The molecule has 0 aliphatic rings. The average molecular weight is 322 g/mol. The molecule has 1 aromatic carbocycles. The number of hydrogen-bond acceptors (Lipinski definition) is 4. The van der Waals surface area contributed by atoms with Crippen LogP contribution in [0.5, 0.6) is 5.75 Å². The van der Waals surface area contributed by atoms with Crippen molar-refractivity contribution in [3.63, 3.8) is 0 Å². The topological polar surface area (TPSA) is 61.2 Å². The summed E-state index contributed by atoms with van der Waals surface area (Å²) in [5, 5.41) is 0. The summed E-state index contributed by atoms with van der Waals surface area (Å²) in [4.78, 5) is 4.22. The van der Waals surface area contributed by atoms with Gasteiger partial charge in [-0.2, -0.15) is 0 Å². The van der Waals surface area contributed by atoms with Gasteiger partial charge in [0.1, 0.15) is 11.6 Å². The normalized spacial score (nSPS) is 12.4.